The first-order valence-corrected chi connectivity index (χ1v) is 13.2. The normalized spacial score (nSPS) is 20.9. The van der Waals surface area contributed by atoms with E-state index in [0.717, 1.165) is 40.7 Å². The Morgan fingerprint density at radius 2 is 1.94 bits per heavy atom. The molecule has 0 saturated carbocycles. The zero-order valence-corrected chi connectivity index (χ0v) is 21.0. The van der Waals surface area contributed by atoms with Gasteiger partial charge in [0.15, 0.2) is 5.17 Å². The van der Waals surface area contributed by atoms with Gasteiger partial charge in [-0.25, -0.2) is 4.99 Å². The van der Waals surface area contributed by atoms with Crippen molar-refractivity contribution in [2.24, 2.45) is 4.99 Å². The number of nitrogens with one attached hydrogen (secondary N) is 1. The summed E-state index contributed by atoms with van der Waals surface area (Å²) >= 11 is 1.34. The Labute approximate surface area is 214 Å². The highest BCUT2D eigenvalue weighted by molar-refractivity contribution is 8.15. The molecular weight excluding hydrogens is 474 g/mol. The number of hydrogen-bond donors (Lipinski definition) is 1. The summed E-state index contributed by atoms with van der Waals surface area (Å²) in [6.45, 7) is 3.69. The van der Waals surface area contributed by atoms with Gasteiger partial charge < -0.3 is 14.8 Å². The van der Waals surface area contributed by atoms with Gasteiger partial charge in [-0.1, -0.05) is 48.2 Å². The summed E-state index contributed by atoms with van der Waals surface area (Å²) in [5.74, 6) is 0.473. The lowest BCUT2D eigenvalue weighted by Crippen LogP contribution is -2.38. The van der Waals surface area contributed by atoms with E-state index in [1.165, 1.54) is 11.8 Å². The predicted molar refractivity (Wildman–Crippen MR) is 144 cm³/mol. The summed E-state index contributed by atoms with van der Waals surface area (Å²) in [5, 5.41) is 5.08. The van der Waals surface area contributed by atoms with E-state index >= 15 is 0 Å². The Balaban J connectivity index is 1.33. The molecule has 0 aliphatic carbocycles. The summed E-state index contributed by atoms with van der Waals surface area (Å²) < 4.78 is 11.3. The van der Waals surface area contributed by atoms with Crippen molar-refractivity contribution >= 4 is 50.9 Å². The lowest BCUT2D eigenvalue weighted by atomic mass is 10.1. The van der Waals surface area contributed by atoms with Gasteiger partial charge in [0.25, 0.3) is 0 Å². The van der Waals surface area contributed by atoms with Crippen molar-refractivity contribution in [3.8, 4) is 5.75 Å². The highest BCUT2D eigenvalue weighted by atomic mass is 32.2. The fourth-order valence-corrected chi connectivity index (χ4v) is 5.65. The number of amides is 2. The average molecular weight is 504 g/mol. The van der Waals surface area contributed by atoms with E-state index in [-0.39, 0.29) is 24.3 Å². The SMILES string of the molecule is CCOc1ccc(N=C2S[C@@H](CC(=O)Nc3cccc4ccccc34)C(=O)N2C[C@H]2CCCO2)cc1. The maximum atomic E-state index is 13.4. The van der Waals surface area contributed by atoms with Crippen molar-refractivity contribution in [1.29, 1.82) is 0 Å². The number of nitrogens with zero attached hydrogens (tertiary/aromatic N) is 2. The molecule has 0 bridgehead atoms. The third-order valence-electron chi connectivity index (χ3n) is 6.24. The Morgan fingerprint density at radius 1 is 1.14 bits per heavy atom. The first-order valence-electron chi connectivity index (χ1n) is 12.3. The van der Waals surface area contributed by atoms with Gasteiger partial charge in [-0.15, -0.1) is 0 Å². The van der Waals surface area contributed by atoms with Gasteiger partial charge in [0.1, 0.15) is 11.0 Å². The molecule has 0 spiro atoms. The van der Waals surface area contributed by atoms with Gasteiger partial charge in [0, 0.05) is 24.1 Å². The Hall–Kier alpha value is -3.36. The van der Waals surface area contributed by atoms with Gasteiger partial charge in [0.2, 0.25) is 11.8 Å². The van der Waals surface area contributed by atoms with Crippen molar-refractivity contribution in [3.63, 3.8) is 0 Å². The van der Waals surface area contributed by atoms with Crippen LogP contribution in [0.25, 0.3) is 10.8 Å². The maximum absolute atomic E-state index is 13.4. The predicted octanol–water partition coefficient (Wildman–Crippen LogP) is 5.38. The molecule has 8 heteroatoms. The smallest absolute Gasteiger partial charge is 0.242 e. The summed E-state index contributed by atoms with van der Waals surface area (Å²) in [6.07, 6.45) is 1.96. The second kappa shape index (κ2) is 11.1. The number of carbonyl (C=O) groups is 2. The van der Waals surface area contributed by atoms with Crippen LogP contribution in [0.3, 0.4) is 0 Å². The van der Waals surface area contributed by atoms with Crippen LogP contribution >= 0.6 is 11.8 Å². The van der Waals surface area contributed by atoms with Crippen LogP contribution < -0.4 is 10.1 Å². The molecule has 3 aromatic carbocycles. The number of anilines is 1. The van der Waals surface area contributed by atoms with Crippen molar-refractivity contribution in [1.82, 2.24) is 4.90 Å². The Kier molecular flexibility index (Phi) is 7.53. The second-order valence-corrected chi connectivity index (χ2v) is 9.96. The molecule has 0 unspecified atom stereocenters. The molecule has 0 aromatic heterocycles. The van der Waals surface area contributed by atoms with E-state index in [1.807, 2.05) is 73.7 Å². The number of carbonyl (C=O) groups excluding carboxylic acids is 2. The van der Waals surface area contributed by atoms with Crippen molar-refractivity contribution < 1.29 is 19.1 Å². The highest BCUT2D eigenvalue weighted by Crippen LogP contribution is 2.34. The molecule has 36 heavy (non-hydrogen) atoms. The lowest BCUT2D eigenvalue weighted by Gasteiger charge is -2.20. The lowest BCUT2D eigenvalue weighted by molar-refractivity contribution is -0.129. The molecule has 2 heterocycles. The van der Waals surface area contributed by atoms with Gasteiger partial charge >= 0.3 is 0 Å². The standard InChI is InChI=1S/C28H29N3O4S/c1-2-34-21-14-12-20(13-15-21)29-28-31(18-22-9-6-16-35-22)27(33)25(36-28)17-26(32)30-24-11-5-8-19-7-3-4-10-23(19)24/h3-5,7-8,10-15,22,25H,2,6,9,16-18H2,1H3,(H,30,32)/t22-,25+/m1/s1. The van der Waals surface area contributed by atoms with E-state index in [4.69, 9.17) is 14.5 Å². The minimum absolute atomic E-state index is 0.0108. The third kappa shape index (κ3) is 5.55. The number of benzene rings is 3. The monoisotopic (exact) mass is 503 g/mol. The fourth-order valence-electron chi connectivity index (χ4n) is 4.48. The number of aliphatic imine (C=N–C) groups is 1. The van der Waals surface area contributed by atoms with Gasteiger partial charge in [-0.05, 0) is 55.5 Å². The number of amidine groups is 1. The highest BCUT2D eigenvalue weighted by Gasteiger charge is 2.40. The van der Waals surface area contributed by atoms with Crippen LogP contribution in [0.15, 0.2) is 71.7 Å². The maximum Gasteiger partial charge on any atom is 0.242 e. The molecule has 2 saturated heterocycles. The van der Waals surface area contributed by atoms with Crippen LogP contribution in [0.5, 0.6) is 5.75 Å². The Bertz CT molecular complexity index is 1270. The van der Waals surface area contributed by atoms with Crippen LogP contribution in [0.1, 0.15) is 26.2 Å². The molecule has 3 aromatic rings. The van der Waals surface area contributed by atoms with Crippen LogP contribution in [0.4, 0.5) is 11.4 Å². The zero-order chi connectivity index (χ0) is 24.9. The molecule has 2 fully saturated rings. The van der Waals surface area contributed by atoms with E-state index in [9.17, 15) is 9.59 Å². The van der Waals surface area contributed by atoms with E-state index in [2.05, 4.69) is 5.32 Å². The average Bonchev–Trinajstić information content (AvgIpc) is 3.50. The molecular formula is C28H29N3O4S. The summed E-state index contributed by atoms with van der Waals surface area (Å²) in [7, 11) is 0. The van der Waals surface area contributed by atoms with Crippen LogP contribution in [0, 0.1) is 0 Å². The molecule has 5 rings (SSSR count). The minimum atomic E-state index is -0.539. The molecule has 2 amide bonds. The topological polar surface area (TPSA) is 80.2 Å². The third-order valence-corrected chi connectivity index (χ3v) is 7.41. The van der Waals surface area contributed by atoms with Crippen molar-refractivity contribution in [2.45, 2.75) is 37.5 Å². The minimum Gasteiger partial charge on any atom is -0.494 e. The van der Waals surface area contributed by atoms with E-state index in [0.29, 0.717) is 24.9 Å². The quantitative estimate of drug-likeness (QED) is 0.447. The van der Waals surface area contributed by atoms with Crippen molar-refractivity contribution in [3.05, 3.63) is 66.7 Å². The first-order chi connectivity index (χ1) is 17.6. The number of rotatable bonds is 8. The fraction of sp³-hybridized carbons (Fsp3) is 0.321. The molecule has 186 valence electrons. The number of ether oxygens (including phenoxy) is 2. The zero-order valence-electron chi connectivity index (χ0n) is 20.2. The molecule has 2 aliphatic rings. The van der Waals surface area contributed by atoms with Crippen LogP contribution in [-0.2, 0) is 14.3 Å². The van der Waals surface area contributed by atoms with E-state index in [1.54, 1.807) is 4.90 Å². The van der Waals surface area contributed by atoms with Crippen LogP contribution in [0.2, 0.25) is 0 Å². The van der Waals surface area contributed by atoms with Crippen LogP contribution in [-0.4, -0.2) is 53.0 Å². The molecule has 2 aliphatic heterocycles. The number of hydrogen-bond acceptors (Lipinski definition) is 6. The molecule has 0 radical (unpaired) electrons. The van der Waals surface area contributed by atoms with E-state index < -0.39 is 5.25 Å². The van der Waals surface area contributed by atoms with Gasteiger partial charge in [0.05, 0.1) is 24.9 Å². The number of fused-ring (bicyclic) bond motifs is 1. The summed E-state index contributed by atoms with van der Waals surface area (Å²) in [4.78, 5) is 32.8. The molecule has 1 N–H and O–H groups in total. The van der Waals surface area contributed by atoms with Gasteiger partial charge in [-0.2, -0.15) is 0 Å². The summed E-state index contributed by atoms with van der Waals surface area (Å²) in [6, 6.07) is 21.2. The summed E-state index contributed by atoms with van der Waals surface area (Å²) in [5.41, 5.74) is 1.47. The largest absolute Gasteiger partial charge is 0.494 e. The molecule has 7 nitrogen and oxygen atoms in total. The van der Waals surface area contributed by atoms with Gasteiger partial charge in [-0.3, -0.25) is 14.5 Å². The first kappa shape index (κ1) is 24.3. The van der Waals surface area contributed by atoms with Crippen molar-refractivity contribution in [2.75, 3.05) is 25.1 Å². The Morgan fingerprint density at radius 3 is 2.72 bits per heavy atom. The number of thioether (sulfide) groups is 1. The second-order valence-electron chi connectivity index (χ2n) is 8.79. The molecule has 2 atom stereocenters.